The lowest BCUT2D eigenvalue weighted by Crippen LogP contribution is -2.12. The lowest BCUT2D eigenvalue weighted by Gasteiger charge is -2.04. The standard InChI is InChI=1S/C24H21N5O2/c1-17-7-9-18(10-8-17)24-29-28-23(31-24)16-15-22(30)25-19-11-13-21(14-12-19)27-26-20-5-3-2-4-6-20/h2-14H,15-16H2,1H3,(H,25,30). The number of nitrogens with one attached hydrogen (secondary N) is 1. The summed E-state index contributed by atoms with van der Waals surface area (Å²) in [5.74, 6) is 0.756. The fraction of sp³-hybridized carbons (Fsp3) is 0.125. The molecule has 3 aromatic carbocycles. The number of aromatic nitrogens is 2. The van der Waals surface area contributed by atoms with E-state index in [4.69, 9.17) is 4.42 Å². The monoisotopic (exact) mass is 411 g/mol. The molecule has 0 radical (unpaired) electrons. The highest BCUT2D eigenvalue weighted by molar-refractivity contribution is 5.90. The number of aryl methyl sites for hydroxylation is 2. The van der Waals surface area contributed by atoms with E-state index in [1.807, 2.05) is 61.5 Å². The summed E-state index contributed by atoms with van der Waals surface area (Å²) in [5.41, 5.74) is 4.20. The molecule has 0 atom stereocenters. The first-order valence-electron chi connectivity index (χ1n) is 9.92. The van der Waals surface area contributed by atoms with Gasteiger partial charge < -0.3 is 9.73 Å². The van der Waals surface area contributed by atoms with E-state index in [-0.39, 0.29) is 12.3 Å². The van der Waals surface area contributed by atoms with Crippen molar-refractivity contribution in [3.63, 3.8) is 0 Å². The number of hydrogen-bond donors (Lipinski definition) is 1. The van der Waals surface area contributed by atoms with Gasteiger partial charge in [0.05, 0.1) is 11.4 Å². The van der Waals surface area contributed by atoms with Crippen LogP contribution in [0.25, 0.3) is 11.5 Å². The number of hydrogen-bond acceptors (Lipinski definition) is 6. The minimum Gasteiger partial charge on any atom is -0.421 e. The molecular weight excluding hydrogens is 390 g/mol. The van der Waals surface area contributed by atoms with Gasteiger partial charge in [0.2, 0.25) is 17.7 Å². The van der Waals surface area contributed by atoms with Crippen LogP contribution in [0.3, 0.4) is 0 Å². The average Bonchev–Trinajstić information content (AvgIpc) is 3.28. The number of anilines is 1. The summed E-state index contributed by atoms with van der Waals surface area (Å²) < 4.78 is 5.66. The molecule has 0 aliphatic heterocycles. The van der Waals surface area contributed by atoms with Crippen LogP contribution in [0.2, 0.25) is 0 Å². The Morgan fingerprint density at radius 2 is 1.55 bits per heavy atom. The molecule has 4 aromatic rings. The van der Waals surface area contributed by atoms with Crippen molar-refractivity contribution in [2.45, 2.75) is 19.8 Å². The van der Waals surface area contributed by atoms with Crippen LogP contribution in [-0.4, -0.2) is 16.1 Å². The quantitative estimate of drug-likeness (QED) is 0.376. The van der Waals surface area contributed by atoms with Crippen molar-refractivity contribution in [1.29, 1.82) is 0 Å². The van der Waals surface area contributed by atoms with Crippen LogP contribution in [0.1, 0.15) is 17.9 Å². The topological polar surface area (TPSA) is 92.7 Å². The second-order valence-corrected chi connectivity index (χ2v) is 7.00. The number of benzene rings is 3. The highest BCUT2D eigenvalue weighted by Gasteiger charge is 2.11. The third-order valence-corrected chi connectivity index (χ3v) is 4.52. The van der Waals surface area contributed by atoms with Gasteiger partial charge in [0.1, 0.15) is 0 Å². The van der Waals surface area contributed by atoms with Gasteiger partial charge >= 0.3 is 0 Å². The predicted octanol–water partition coefficient (Wildman–Crippen LogP) is 6.03. The number of azo groups is 1. The summed E-state index contributed by atoms with van der Waals surface area (Å²) >= 11 is 0. The first kappa shape index (κ1) is 20.2. The Balaban J connectivity index is 1.28. The molecule has 1 aromatic heterocycles. The molecule has 0 aliphatic rings. The molecule has 7 nitrogen and oxygen atoms in total. The van der Waals surface area contributed by atoms with Crippen LogP contribution >= 0.6 is 0 Å². The fourth-order valence-corrected chi connectivity index (χ4v) is 2.83. The van der Waals surface area contributed by atoms with Crippen molar-refractivity contribution in [3.8, 4) is 11.5 Å². The van der Waals surface area contributed by atoms with E-state index < -0.39 is 0 Å². The van der Waals surface area contributed by atoms with Gasteiger partial charge in [0, 0.05) is 24.1 Å². The van der Waals surface area contributed by atoms with Gasteiger partial charge in [0.15, 0.2) is 0 Å². The van der Waals surface area contributed by atoms with Crippen LogP contribution in [0.5, 0.6) is 0 Å². The van der Waals surface area contributed by atoms with Crippen molar-refractivity contribution in [3.05, 3.63) is 90.3 Å². The van der Waals surface area contributed by atoms with Gasteiger partial charge in [0.25, 0.3) is 0 Å². The summed E-state index contributed by atoms with van der Waals surface area (Å²) in [7, 11) is 0. The van der Waals surface area contributed by atoms with Crippen LogP contribution in [-0.2, 0) is 11.2 Å². The van der Waals surface area contributed by atoms with E-state index in [0.717, 1.165) is 16.8 Å². The third kappa shape index (κ3) is 5.70. The number of nitrogens with zero attached hydrogens (tertiary/aromatic N) is 4. The molecule has 0 spiro atoms. The molecule has 1 N–H and O–H groups in total. The van der Waals surface area contributed by atoms with Gasteiger partial charge in [-0.15, -0.1) is 10.2 Å². The predicted molar refractivity (Wildman–Crippen MR) is 118 cm³/mol. The molecule has 1 heterocycles. The van der Waals surface area contributed by atoms with Crippen molar-refractivity contribution in [2.24, 2.45) is 10.2 Å². The molecule has 0 bridgehead atoms. The summed E-state index contributed by atoms with van der Waals surface area (Å²) in [6.07, 6.45) is 0.610. The lowest BCUT2D eigenvalue weighted by molar-refractivity contribution is -0.116. The van der Waals surface area contributed by atoms with Gasteiger partial charge in [-0.3, -0.25) is 4.79 Å². The number of rotatable bonds is 7. The zero-order chi connectivity index (χ0) is 21.5. The average molecular weight is 411 g/mol. The van der Waals surface area contributed by atoms with E-state index in [0.29, 0.717) is 29.6 Å². The van der Waals surface area contributed by atoms with Crippen molar-refractivity contribution in [1.82, 2.24) is 10.2 Å². The Labute approximate surface area is 179 Å². The smallest absolute Gasteiger partial charge is 0.247 e. The summed E-state index contributed by atoms with van der Waals surface area (Å²) in [6, 6.07) is 24.5. The molecule has 0 saturated heterocycles. The van der Waals surface area contributed by atoms with Crippen molar-refractivity contribution in [2.75, 3.05) is 5.32 Å². The maximum Gasteiger partial charge on any atom is 0.247 e. The molecular formula is C24H21N5O2. The van der Waals surface area contributed by atoms with E-state index >= 15 is 0 Å². The molecule has 154 valence electrons. The molecule has 4 rings (SSSR count). The van der Waals surface area contributed by atoms with Crippen molar-refractivity contribution < 1.29 is 9.21 Å². The van der Waals surface area contributed by atoms with Gasteiger partial charge in [-0.1, -0.05) is 35.9 Å². The highest BCUT2D eigenvalue weighted by Crippen LogP contribution is 2.21. The molecule has 1 amide bonds. The molecule has 0 saturated carbocycles. The minimum absolute atomic E-state index is 0.131. The normalized spacial score (nSPS) is 11.0. The Bertz CT molecular complexity index is 1170. The maximum absolute atomic E-state index is 12.3. The number of carbonyl (C=O) groups excluding carboxylic acids is 1. The first-order chi connectivity index (χ1) is 15.2. The van der Waals surface area contributed by atoms with E-state index in [9.17, 15) is 4.79 Å². The maximum atomic E-state index is 12.3. The van der Waals surface area contributed by atoms with Gasteiger partial charge in [-0.05, 0) is 55.5 Å². The summed E-state index contributed by atoms with van der Waals surface area (Å²) in [5, 5.41) is 19.3. The number of amides is 1. The lowest BCUT2D eigenvalue weighted by atomic mass is 10.1. The molecule has 7 heteroatoms. The Morgan fingerprint density at radius 1 is 0.871 bits per heavy atom. The van der Waals surface area contributed by atoms with E-state index in [2.05, 4.69) is 25.7 Å². The van der Waals surface area contributed by atoms with Crippen LogP contribution in [0.4, 0.5) is 17.1 Å². The second kappa shape index (κ2) is 9.58. The largest absolute Gasteiger partial charge is 0.421 e. The number of carbonyl (C=O) groups is 1. The minimum atomic E-state index is -0.131. The first-order valence-corrected chi connectivity index (χ1v) is 9.92. The van der Waals surface area contributed by atoms with E-state index in [1.165, 1.54) is 0 Å². The van der Waals surface area contributed by atoms with Crippen molar-refractivity contribution >= 4 is 23.0 Å². The zero-order valence-corrected chi connectivity index (χ0v) is 17.0. The third-order valence-electron chi connectivity index (χ3n) is 4.52. The zero-order valence-electron chi connectivity index (χ0n) is 17.0. The summed E-state index contributed by atoms with van der Waals surface area (Å²) in [6.45, 7) is 2.02. The molecule has 0 unspecified atom stereocenters. The highest BCUT2D eigenvalue weighted by atomic mass is 16.4. The van der Waals surface area contributed by atoms with E-state index in [1.54, 1.807) is 24.3 Å². The van der Waals surface area contributed by atoms with Gasteiger partial charge in [-0.2, -0.15) is 10.2 Å². The van der Waals surface area contributed by atoms with Crippen LogP contribution in [0, 0.1) is 6.92 Å². The molecule has 0 fully saturated rings. The molecule has 31 heavy (non-hydrogen) atoms. The SMILES string of the molecule is Cc1ccc(-c2nnc(CCC(=O)Nc3ccc(N=Nc4ccccc4)cc3)o2)cc1. The fourth-order valence-electron chi connectivity index (χ4n) is 2.83. The second-order valence-electron chi connectivity index (χ2n) is 7.00. The Hall–Kier alpha value is -4.13. The Morgan fingerprint density at radius 3 is 2.26 bits per heavy atom. The summed E-state index contributed by atoms with van der Waals surface area (Å²) in [4.78, 5) is 12.3. The van der Waals surface area contributed by atoms with Crippen LogP contribution < -0.4 is 5.32 Å². The van der Waals surface area contributed by atoms with Gasteiger partial charge in [-0.25, -0.2) is 0 Å². The Kier molecular flexibility index (Phi) is 6.23. The van der Waals surface area contributed by atoms with Crippen LogP contribution in [0.15, 0.2) is 93.5 Å². The molecule has 0 aliphatic carbocycles.